The summed E-state index contributed by atoms with van der Waals surface area (Å²) in [6, 6.07) is 3.94. The van der Waals surface area contributed by atoms with Crippen molar-refractivity contribution < 1.29 is 0 Å². The third kappa shape index (κ3) is 0.579. The molecule has 0 aromatic carbocycles. The van der Waals surface area contributed by atoms with Gasteiger partial charge in [-0.2, -0.15) is 5.10 Å². The summed E-state index contributed by atoms with van der Waals surface area (Å²) in [6.45, 7) is 0. The summed E-state index contributed by atoms with van der Waals surface area (Å²) in [4.78, 5) is 0. The molecule has 0 bridgehead atoms. The summed E-state index contributed by atoms with van der Waals surface area (Å²) in [6.07, 6.45) is 5.33. The summed E-state index contributed by atoms with van der Waals surface area (Å²) in [5, 5.41) is 7.41. The van der Waals surface area contributed by atoms with E-state index in [1.165, 1.54) is 0 Å². The van der Waals surface area contributed by atoms with Crippen LogP contribution >= 0.6 is 0 Å². The Kier molecular flexibility index (Phi) is 0.773. The molecule has 0 fully saturated rings. The second-order valence-electron chi connectivity index (χ2n) is 1.82. The minimum atomic E-state index is 1.07. The number of rotatable bonds is 0. The predicted molar refractivity (Wildman–Crippen MR) is 33.0 cm³/mol. The third-order valence-electron chi connectivity index (χ3n) is 1.24. The van der Waals surface area contributed by atoms with Gasteiger partial charge in [0.05, 0.1) is 11.7 Å². The molecule has 2 rings (SSSR count). The largest absolute Gasteiger partial charge is 0.305 e. The van der Waals surface area contributed by atoms with Gasteiger partial charge in [0.1, 0.15) is 6.33 Å². The van der Waals surface area contributed by atoms with Crippen LogP contribution in [0.1, 0.15) is 0 Å². The molecule has 3 nitrogen and oxygen atoms in total. The molecule has 2 aromatic heterocycles. The average Bonchev–Trinajstić information content (AvgIpc) is 2.33. The fourth-order valence-electron chi connectivity index (χ4n) is 0.799. The van der Waals surface area contributed by atoms with E-state index >= 15 is 0 Å². The van der Waals surface area contributed by atoms with Crippen LogP contribution in [0.2, 0.25) is 0 Å². The second-order valence-corrected chi connectivity index (χ2v) is 1.82. The van der Waals surface area contributed by atoms with Crippen molar-refractivity contribution in [2.75, 3.05) is 0 Å². The summed E-state index contributed by atoms with van der Waals surface area (Å²) >= 11 is 0. The van der Waals surface area contributed by atoms with Gasteiger partial charge in [-0.25, -0.2) is 0 Å². The maximum Gasteiger partial charge on any atom is 0.122 e. The van der Waals surface area contributed by atoms with Crippen molar-refractivity contribution in [2.45, 2.75) is 0 Å². The highest BCUT2D eigenvalue weighted by Gasteiger charge is 1.85. The Morgan fingerprint density at radius 2 is 2.33 bits per heavy atom. The molecule has 0 saturated heterocycles. The number of hydrogen-bond donors (Lipinski definition) is 0. The Hall–Kier alpha value is -1.38. The van der Waals surface area contributed by atoms with Gasteiger partial charge in [-0.1, -0.05) is 0 Å². The molecule has 0 radical (unpaired) electrons. The lowest BCUT2D eigenvalue weighted by Crippen LogP contribution is -1.85. The lowest BCUT2D eigenvalue weighted by molar-refractivity contribution is 0.950. The third-order valence-corrected chi connectivity index (χ3v) is 1.24. The van der Waals surface area contributed by atoms with Gasteiger partial charge in [0.25, 0.3) is 0 Å². The van der Waals surface area contributed by atoms with E-state index in [9.17, 15) is 0 Å². The Balaban J connectivity index is 2.95. The molecule has 0 amide bonds. The van der Waals surface area contributed by atoms with Gasteiger partial charge in [0.2, 0.25) is 0 Å². The molecule has 0 spiro atoms. The lowest BCUT2D eigenvalue weighted by atomic mass is 10.5. The van der Waals surface area contributed by atoms with E-state index in [4.69, 9.17) is 0 Å². The number of fused-ring (bicyclic) bond motifs is 1. The van der Waals surface area contributed by atoms with Crippen LogP contribution in [0.3, 0.4) is 0 Å². The zero-order valence-corrected chi connectivity index (χ0v) is 4.73. The lowest BCUT2D eigenvalue weighted by Gasteiger charge is -1.86. The van der Waals surface area contributed by atoms with Crippen LogP contribution in [0.15, 0.2) is 30.9 Å². The van der Waals surface area contributed by atoms with Crippen molar-refractivity contribution in [1.82, 2.24) is 14.6 Å². The highest BCUT2D eigenvalue weighted by atomic mass is 15.1. The summed E-state index contributed by atoms with van der Waals surface area (Å²) in [7, 11) is 0. The number of hydrogen-bond acceptors (Lipinski definition) is 2. The van der Waals surface area contributed by atoms with Crippen LogP contribution in [0, 0.1) is 0 Å². The molecular formula is C6H5N3. The molecule has 0 atom stereocenters. The van der Waals surface area contributed by atoms with Crippen molar-refractivity contribution in [3.63, 3.8) is 0 Å². The first-order valence-corrected chi connectivity index (χ1v) is 2.70. The Labute approximate surface area is 52.0 Å². The Bertz CT molecular complexity index is 282. The molecule has 2 heterocycles. The van der Waals surface area contributed by atoms with Gasteiger partial charge < -0.3 is 4.40 Å². The van der Waals surface area contributed by atoms with Gasteiger partial charge in [-0.15, -0.1) is 5.10 Å². The number of aromatic nitrogens is 3. The van der Waals surface area contributed by atoms with E-state index < -0.39 is 0 Å². The smallest absolute Gasteiger partial charge is 0.122 e. The molecule has 0 saturated carbocycles. The second kappa shape index (κ2) is 1.55. The van der Waals surface area contributed by atoms with E-state index in [1.807, 2.05) is 22.7 Å². The predicted octanol–water partition coefficient (Wildman–Crippen LogP) is 0.729. The van der Waals surface area contributed by atoms with E-state index in [-0.39, 0.29) is 0 Å². The molecule has 9 heavy (non-hydrogen) atoms. The van der Waals surface area contributed by atoms with E-state index in [0.29, 0.717) is 0 Å². The highest BCUT2D eigenvalue weighted by Crippen LogP contribution is 1.97. The van der Waals surface area contributed by atoms with Gasteiger partial charge in [-0.3, -0.25) is 0 Å². The highest BCUT2D eigenvalue weighted by molar-refractivity contribution is 5.43. The SMILES string of the molecule is c1cc2cnncn2c1. The molecule has 44 valence electrons. The van der Waals surface area contributed by atoms with Gasteiger partial charge in [0, 0.05) is 6.20 Å². The summed E-state index contributed by atoms with van der Waals surface area (Å²) in [5.41, 5.74) is 1.07. The van der Waals surface area contributed by atoms with E-state index in [1.54, 1.807) is 12.5 Å². The molecule has 3 heteroatoms. The molecule has 0 unspecified atom stereocenters. The van der Waals surface area contributed by atoms with Crippen LogP contribution in [0.5, 0.6) is 0 Å². The molecule has 0 aliphatic heterocycles. The monoisotopic (exact) mass is 119 g/mol. The first-order valence-electron chi connectivity index (χ1n) is 2.70. The van der Waals surface area contributed by atoms with Crippen LogP contribution < -0.4 is 0 Å². The molecular weight excluding hydrogens is 114 g/mol. The number of nitrogens with zero attached hydrogens (tertiary/aromatic N) is 3. The Morgan fingerprint density at radius 3 is 3.22 bits per heavy atom. The van der Waals surface area contributed by atoms with Gasteiger partial charge in [-0.05, 0) is 12.1 Å². The summed E-state index contributed by atoms with van der Waals surface area (Å²) in [5.74, 6) is 0. The van der Waals surface area contributed by atoms with E-state index in [0.717, 1.165) is 5.52 Å². The van der Waals surface area contributed by atoms with Crippen LogP contribution in [-0.4, -0.2) is 14.6 Å². The Morgan fingerprint density at radius 1 is 1.33 bits per heavy atom. The normalized spacial score (nSPS) is 10.2. The zero-order chi connectivity index (χ0) is 6.10. The van der Waals surface area contributed by atoms with Gasteiger partial charge in [0.15, 0.2) is 0 Å². The fraction of sp³-hybridized carbons (Fsp3) is 0. The molecule has 0 aliphatic rings. The average molecular weight is 119 g/mol. The van der Waals surface area contributed by atoms with Crippen molar-refractivity contribution in [2.24, 2.45) is 0 Å². The van der Waals surface area contributed by atoms with Crippen LogP contribution in [-0.2, 0) is 0 Å². The van der Waals surface area contributed by atoms with Crippen LogP contribution in [0.4, 0.5) is 0 Å². The maximum atomic E-state index is 3.71. The van der Waals surface area contributed by atoms with Crippen molar-refractivity contribution in [1.29, 1.82) is 0 Å². The minimum Gasteiger partial charge on any atom is -0.305 e. The van der Waals surface area contributed by atoms with E-state index in [2.05, 4.69) is 10.2 Å². The first-order chi connectivity index (χ1) is 4.47. The van der Waals surface area contributed by atoms with Crippen molar-refractivity contribution in [3.8, 4) is 0 Å². The fourth-order valence-corrected chi connectivity index (χ4v) is 0.799. The standard InChI is InChI=1S/C6H5N3/c1-2-6-4-7-8-5-9(6)3-1/h1-5H. The molecule has 0 aliphatic carbocycles. The van der Waals surface area contributed by atoms with Crippen LogP contribution in [0.25, 0.3) is 5.52 Å². The van der Waals surface area contributed by atoms with Crippen molar-refractivity contribution >= 4 is 5.52 Å². The van der Waals surface area contributed by atoms with Crippen molar-refractivity contribution in [3.05, 3.63) is 30.9 Å². The zero-order valence-electron chi connectivity index (χ0n) is 4.73. The molecule has 2 aromatic rings. The maximum absolute atomic E-state index is 3.71. The quantitative estimate of drug-likeness (QED) is 0.511. The summed E-state index contributed by atoms with van der Waals surface area (Å²) < 4.78 is 1.91. The first kappa shape index (κ1) is 4.49. The molecule has 0 N–H and O–H groups in total. The topological polar surface area (TPSA) is 30.2 Å². The van der Waals surface area contributed by atoms with Gasteiger partial charge >= 0.3 is 0 Å². The minimum absolute atomic E-state index is 1.07.